The molecule has 1 aliphatic carbocycles. The minimum Gasteiger partial charge on any atom is -0.369 e. The van der Waals surface area contributed by atoms with Crippen molar-refractivity contribution >= 4 is 24.3 Å². The molecule has 0 heterocycles. The minimum absolute atomic E-state index is 0. The van der Waals surface area contributed by atoms with Crippen LogP contribution in [0.1, 0.15) is 36.3 Å². The van der Waals surface area contributed by atoms with E-state index < -0.39 is 0 Å². The second kappa shape index (κ2) is 8.36. The van der Waals surface area contributed by atoms with Gasteiger partial charge in [-0.1, -0.05) is 24.3 Å². The molecule has 116 valence electrons. The molecule has 1 fully saturated rings. The number of nitrogens with one attached hydrogen (secondary N) is 5. The zero-order valence-electron chi connectivity index (χ0n) is 11.9. The molecular formula is C14H23ClN6. The molecule has 1 aromatic rings. The van der Waals surface area contributed by atoms with Gasteiger partial charge in [0.2, 0.25) is 11.9 Å². The first-order valence-corrected chi connectivity index (χ1v) is 6.92. The molecule has 7 heteroatoms. The SMILES string of the molecule is Cl.N=C(N)NNC(=N)NCCCc1ccc(C2CC2)cc1. The normalized spacial score (nSPS) is 13.0. The third-order valence-electron chi connectivity index (χ3n) is 3.29. The molecule has 0 aromatic heterocycles. The van der Waals surface area contributed by atoms with Gasteiger partial charge in [-0.15, -0.1) is 12.4 Å². The summed E-state index contributed by atoms with van der Waals surface area (Å²) >= 11 is 0. The quantitative estimate of drug-likeness (QED) is 0.214. The van der Waals surface area contributed by atoms with Crippen molar-refractivity contribution in [2.45, 2.75) is 31.6 Å². The molecule has 0 radical (unpaired) electrons. The molecule has 0 unspecified atom stereocenters. The lowest BCUT2D eigenvalue weighted by Crippen LogP contribution is -2.49. The van der Waals surface area contributed by atoms with Gasteiger partial charge in [-0.25, -0.2) is 0 Å². The van der Waals surface area contributed by atoms with Gasteiger partial charge >= 0.3 is 0 Å². The average Bonchev–Trinajstić information content (AvgIpc) is 3.26. The molecule has 1 aliphatic rings. The molecule has 1 aromatic carbocycles. The Balaban J connectivity index is 0.00000220. The van der Waals surface area contributed by atoms with Crippen LogP contribution in [-0.4, -0.2) is 18.5 Å². The molecular weight excluding hydrogens is 288 g/mol. The van der Waals surface area contributed by atoms with Gasteiger partial charge in [0.1, 0.15) is 0 Å². The summed E-state index contributed by atoms with van der Waals surface area (Å²) in [5.74, 6) is 0.711. The maximum Gasteiger partial charge on any atom is 0.207 e. The Kier molecular flexibility index (Phi) is 6.81. The van der Waals surface area contributed by atoms with Crippen LogP contribution in [0.2, 0.25) is 0 Å². The van der Waals surface area contributed by atoms with Crippen molar-refractivity contribution in [2.75, 3.05) is 6.54 Å². The Morgan fingerprint density at radius 2 is 1.81 bits per heavy atom. The van der Waals surface area contributed by atoms with Gasteiger partial charge in [-0.05, 0) is 42.7 Å². The van der Waals surface area contributed by atoms with Gasteiger partial charge in [0, 0.05) is 6.54 Å². The van der Waals surface area contributed by atoms with Gasteiger partial charge in [-0.2, -0.15) is 0 Å². The third kappa shape index (κ3) is 6.35. The summed E-state index contributed by atoms with van der Waals surface area (Å²) in [6.45, 7) is 0.704. The van der Waals surface area contributed by atoms with Crippen LogP contribution in [-0.2, 0) is 6.42 Å². The number of halogens is 1. The predicted molar refractivity (Wildman–Crippen MR) is 87.9 cm³/mol. The van der Waals surface area contributed by atoms with Crippen molar-refractivity contribution in [2.24, 2.45) is 5.73 Å². The molecule has 0 amide bonds. The Morgan fingerprint density at radius 1 is 1.14 bits per heavy atom. The number of rotatable bonds is 5. The number of hydrazine groups is 1. The maximum absolute atomic E-state index is 7.51. The van der Waals surface area contributed by atoms with Crippen LogP contribution in [0, 0.1) is 10.8 Å². The van der Waals surface area contributed by atoms with Crippen LogP contribution in [0.5, 0.6) is 0 Å². The van der Waals surface area contributed by atoms with Crippen molar-refractivity contribution < 1.29 is 0 Å². The van der Waals surface area contributed by atoms with Crippen LogP contribution >= 0.6 is 12.4 Å². The van der Waals surface area contributed by atoms with E-state index in [1.807, 2.05) is 0 Å². The van der Waals surface area contributed by atoms with Crippen LogP contribution in [0.25, 0.3) is 0 Å². The smallest absolute Gasteiger partial charge is 0.207 e. The summed E-state index contributed by atoms with van der Waals surface area (Å²) in [4.78, 5) is 0. The molecule has 6 nitrogen and oxygen atoms in total. The van der Waals surface area contributed by atoms with E-state index >= 15 is 0 Å². The molecule has 0 saturated heterocycles. The molecule has 0 bridgehead atoms. The van der Waals surface area contributed by atoms with Crippen LogP contribution < -0.4 is 21.9 Å². The topological polar surface area (TPSA) is 110 Å². The Morgan fingerprint density at radius 3 is 2.38 bits per heavy atom. The highest BCUT2D eigenvalue weighted by Crippen LogP contribution is 2.39. The summed E-state index contributed by atoms with van der Waals surface area (Å²) in [6.07, 6.45) is 4.62. The number of nitrogens with two attached hydrogens (primary N) is 1. The molecule has 2 rings (SSSR count). The molecule has 0 aliphatic heterocycles. The van der Waals surface area contributed by atoms with E-state index in [2.05, 4.69) is 40.4 Å². The highest BCUT2D eigenvalue weighted by molar-refractivity contribution is 5.85. The van der Waals surface area contributed by atoms with Crippen LogP contribution in [0.3, 0.4) is 0 Å². The zero-order valence-corrected chi connectivity index (χ0v) is 12.7. The lowest BCUT2D eigenvalue weighted by molar-refractivity contribution is 0.725. The fourth-order valence-electron chi connectivity index (χ4n) is 2.05. The highest BCUT2D eigenvalue weighted by atomic mass is 35.5. The molecule has 0 spiro atoms. The lowest BCUT2D eigenvalue weighted by Gasteiger charge is -2.10. The first kappa shape index (κ1) is 17.1. The van der Waals surface area contributed by atoms with E-state index in [4.69, 9.17) is 16.6 Å². The molecule has 7 N–H and O–H groups in total. The van der Waals surface area contributed by atoms with Crippen molar-refractivity contribution in [3.8, 4) is 0 Å². The van der Waals surface area contributed by atoms with Crippen molar-refractivity contribution in [3.63, 3.8) is 0 Å². The predicted octanol–water partition coefficient (Wildman–Crippen LogP) is 1.43. The van der Waals surface area contributed by atoms with E-state index in [0.717, 1.165) is 18.8 Å². The Bertz CT molecular complexity index is 469. The third-order valence-corrected chi connectivity index (χ3v) is 3.29. The van der Waals surface area contributed by atoms with Gasteiger partial charge in [0.25, 0.3) is 0 Å². The standard InChI is InChI=1S/C14H22N6.ClH/c15-13(16)19-20-14(17)18-9-1-2-10-3-5-11(6-4-10)12-7-8-12;/h3-6,12H,1-2,7-9H2,(H4,15,16,19)(H3,17,18,20);1H. The van der Waals surface area contributed by atoms with Crippen molar-refractivity contribution in [3.05, 3.63) is 35.4 Å². The van der Waals surface area contributed by atoms with Crippen LogP contribution in [0.15, 0.2) is 24.3 Å². The minimum atomic E-state index is -0.215. The second-order valence-corrected chi connectivity index (χ2v) is 5.08. The van der Waals surface area contributed by atoms with E-state index in [-0.39, 0.29) is 24.3 Å². The Labute approximate surface area is 131 Å². The maximum atomic E-state index is 7.51. The average molecular weight is 311 g/mol. The van der Waals surface area contributed by atoms with E-state index in [9.17, 15) is 0 Å². The second-order valence-electron chi connectivity index (χ2n) is 5.08. The van der Waals surface area contributed by atoms with Crippen molar-refractivity contribution in [1.29, 1.82) is 10.8 Å². The number of hydrogen-bond donors (Lipinski definition) is 6. The fraction of sp³-hybridized carbons (Fsp3) is 0.429. The highest BCUT2D eigenvalue weighted by Gasteiger charge is 2.22. The summed E-state index contributed by atoms with van der Waals surface area (Å²) in [6, 6.07) is 8.88. The summed E-state index contributed by atoms with van der Waals surface area (Å²) in [7, 11) is 0. The van der Waals surface area contributed by atoms with Crippen LogP contribution in [0.4, 0.5) is 0 Å². The van der Waals surface area contributed by atoms with E-state index in [1.165, 1.54) is 24.0 Å². The molecule has 21 heavy (non-hydrogen) atoms. The number of benzene rings is 1. The fourth-order valence-corrected chi connectivity index (χ4v) is 2.05. The molecule has 1 saturated carbocycles. The summed E-state index contributed by atoms with van der Waals surface area (Å²) < 4.78 is 0. The van der Waals surface area contributed by atoms with Gasteiger partial charge in [0.05, 0.1) is 0 Å². The van der Waals surface area contributed by atoms with Crippen molar-refractivity contribution in [1.82, 2.24) is 16.2 Å². The summed E-state index contributed by atoms with van der Waals surface area (Å²) in [5.41, 5.74) is 12.7. The van der Waals surface area contributed by atoms with Gasteiger partial charge in [0.15, 0.2) is 0 Å². The largest absolute Gasteiger partial charge is 0.369 e. The number of aryl methyl sites for hydroxylation is 1. The lowest BCUT2D eigenvalue weighted by atomic mass is 10.1. The monoisotopic (exact) mass is 310 g/mol. The number of guanidine groups is 2. The van der Waals surface area contributed by atoms with Gasteiger partial charge in [-0.3, -0.25) is 21.7 Å². The number of hydrogen-bond acceptors (Lipinski definition) is 2. The van der Waals surface area contributed by atoms with E-state index in [0.29, 0.717) is 6.54 Å². The first-order chi connectivity index (χ1) is 9.65. The molecule has 0 atom stereocenters. The van der Waals surface area contributed by atoms with E-state index in [1.54, 1.807) is 0 Å². The van der Waals surface area contributed by atoms with Gasteiger partial charge < -0.3 is 11.1 Å². The first-order valence-electron chi connectivity index (χ1n) is 6.92. The summed E-state index contributed by atoms with van der Waals surface area (Å²) in [5, 5.41) is 17.4. The zero-order chi connectivity index (χ0) is 14.4. The Hall–Kier alpha value is -1.95.